The van der Waals surface area contributed by atoms with E-state index in [1.54, 1.807) is 21.1 Å². The Morgan fingerprint density at radius 3 is 2.74 bits per heavy atom. The molecule has 0 fully saturated rings. The van der Waals surface area contributed by atoms with Gasteiger partial charge in [-0.1, -0.05) is 17.3 Å². The van der Waals surface area contributed by atoms with E-state index in [4.69, 9.17) is 19.7 Å². The number of methoxy groups -OCH3 is 2. The molecule has 1 unspecified atom stereocenters. The Hall–Kier alpha value is -1.92. The predicted octanol–water partition coefficient (Wildman–Crippen LogP) is 1.57. The SMILES string of the molecule is COCC(C)(N)c1noc(-c2ccccc2OC)n1. The van der Waals surface area contributed by atoms with Gasteiger partial charge < -0.3 is 19.7 Å². The van der Waals surface area contributed by atoms with Crippen molar-refractivity contribution in [2.24, 2.45) is 5.73 Å². The second-order valence-electron chi connectivity index (χ2n) is 4.47. The van der Waals surface area contributed by atoms with E-state index in [1.807, 2.05) is 24.3 Å². The van der Waals surface area contributed by atoms with Crippen LogP contribution >= 0.6 is 0 Å². The van der Waals surface area contributed by atoms with Crippen LogP contribution in [0.2, 0.25) is 0 Å². The molecule has 1 atom stereocenters. The van der Waals surface area contributed by atoms with Crippen LogP contribution in [0.1, 0.15) is 12.7 Å². The molecule has 0 radical (unpaired) electrons. The van der Waals surface area contributed by atoms with E-state index in [2.05, 4.69) is 10.1 Å². The highest BCUT2D eigenvalue weighted by atomic mass is 16.5. The van der Waals surface area contributed by atoms with Crippen molar-refractivity contribution < 1.29 is 14.0 Å². The summed E-state index contributed by atoms with van der Waals surface area (Å²) in [7, 11) is 3.17. The van der Waals surface area contributed by atoms with Gasteiger partial charge in [0.2, 0.25) is 0 Å². The van der Waals surface area contributed by atoms with Crippen LogP contribution in [-0.2, 0) is 10.3 Å². The third-order valence-corrected chi connectivity index (χ3v) is 2.72. The number of hydrogen-bond acceptors (Lipinski definition) is 6. The van der Waals surface area contributed by atoms with Crippen molar-refractivity contribution in [3.8, 4) is 17.2 Å². The molecule has 0 aliphatic rings. The van der Waals surface area contributed by atoms with Crippen LogP contribution in [0, 0.1) is 0 Å². The quantitative estimate of drug-likeness (QED) is 0.881. The highest BCUT2D eigenvalue weighted by Crippen LogP contribution is 2.29. The zero-order valence-corrected chi connectivity index (χ0v) is 11.2. The Morgan fingerprint density at radius 2 is 2.05 bits per heavy atom. The number of benzene rings is 1. The smallest absolute Gasteiger partial charge is 0.261 e. The van der Waals surface area contributed by atoms with Crippen molar-refractivity contribution in [3.05, 3.63) is 30.1 Å². The summed E-state index contributed by atoms with van der Waals surface area (Å²) in [4.78, 5) is 4.32. The third kappa shape index (κ3) is 2.74. The molecule has 0 saturated heterocycles. The van der Waals surface area contributed by atoms with Gasteiger partial charge in [-0.05, 0) is 19.1 Å². The maximum Gasteiger partial charge on any atom is 0.261 e. The van der Waals surface area contributed by atoms with Crippen LogP contribution < -0.4 is 10.5 Å². The van der Waals surface area contributed by atoms with E-state index in [0.717, 1.165) is 5.56 Å². The lowest BCUT2D eigenvalue weighted by Gasteiger charge is -2.18. The summed E-state index contributed by atoms with van der Waals surface area (Å²) >= 11 is 0. The van der Waals surface area contributed by atoms with Crippen LogP contribution in [0.25, 0.3) is 11.5 Å². The van der Waals surface area contributed by atoms with Gasteiger partial charge in [-0.3, -0.25) is 0 Å². The lowest BCUT2D eigenvalue weighted by atomic mass is 10.1. The predicted molar refractivity (Wildman–Crippen MR) is 69.7 cm³/mol. The molecule has 1 aromatic heterocycles. The Labute approximate surface area is 111 Å². The molecule has 102 valence electrons. The lowest BCUT2D eigenvalue weighted by Crippen LogP contribution is -2.38. The first-order valence-electron chi connectivity index (χ1n) is 5.84. The standard InChI is InChI=1S/C13H17N3O3/c1-13(14,8-17-2)12-15-11(19-16-12)9-6-4-5-7-10(9)18-3/h4-7H,8,14H2,1-3H3. The van der Waals surface area contributed by atoms with Gasteiger partial charge in [0, 0.05) is 7.11 Å². The van der Waals surface area contributed by atoms with E-state index < -0.39 is 5.54 Å². The lowest BCUT2D eigenvalue weighted by molar-refractivity contribution is 0.135. The number of aromatic nitrogens is 2. The fraction of sp³-hybridized carbons (Fsp3) is 0.385. The third-order valence-electron chi connectivity index (χ3n) is 2.72. The summed E-state index contributed by atoms with van der Waals surface area (Å²) in [5.41, 5.74) is 6.01. The Bertz CT molecular complexity index is 552. The molecular formula is C13H17N3O3. The van der Waals surface area contributed by atoms with Crippen molar-refractivity contribution in [1.82, 2.24) is 10.1 Å². The van der Waals surface area contributed by atoms with Gasteiger partial charge in [0.1, 0.15) is 11.3 Å². The first kappa shape index (κ1) is 13.5. The van der Waals surface area contributed by atoms with E-state index in [-0.39, 0.29) is 0 Å². The Morgan fingerprint density at radius 1 is 1.32 bits per heavy atom. The highest BCUT2D eigenvalue weighted by Gasteiger charge is 2.28. The molecule has 0 aliphatic carbocycles. The summed E-state index contributed by atoms with van der Waals surface area (Å²) < 4.78 is 15.6. The summed E-state index contributed by atoms with van der Waals surface area (Å²) in [5.74, 6) is 1.44. The Kier molecular flexibility index (Phi) is 3.82. The molecular weight excluding hydrogens is 246 g/mol. The van der Waals surface area contributed by atoms with Crippen molar-refractivity contribution in [1.29, 1.82) is 0 Å². The minimum atomic E-state index is -0.793. The second-order valence-corrected chi connectivity index (χ2v) is 4.47. The normalized spacial score (nSPS) is 14.1. The van der Waals surface area contributed by atoms with Crippen molar-refractivity contribution >= 4 is 0 Å². The molecule has 2 aromatic rings. The van der Waals surface area contributed by atoms with Gasteiger partial charge in [0.15, 0.2) is 5.82 Å². The maximum absolute atomic E-state index is 6.07. The summed E-state index contributed by atoms with van der Waals surface area (Å²) in [6.45, 7) is 2.09. The van der Waals surface area contributed by atoms with Crippen LogP contribution in [0.5, 0.6) is 5.75 Å². The molecule has 0 amide bonds. The maximum atomic E-state index is 6.07. The number of nitrogens with zero attached hydrogens (tertiary/aromatic N) is 2. The van der Waals surface area contributed by atoms with Gasteiger partial charge in [0.25, 0.3) is 5.89 Å². The molecule has 0 bridgehead atoms. The van der Waals surface area contributed by atoms with Crippen molar-refractivity contribution in [2.45, 2.75) is 12.5 Å². The van der Waals surface area contributed by atoms with Gasteiger partial charge in [-0.15, -0.1) is 0 Å². The minimum Gasteiger partial charge on any atom is -0.496 e. The molecule has 0 spiro atoms. The molecule has 19 heavy (non-hydrogen) atoms. The zero-order valence-electron chi connectivity index (χ0n) is 11.2. The number of rotatable bonds is 5. The second kappa shape index (κ2) is 5.38. The van der Waals surface area contributed by atoms with E-state index in [0.29, 0.717) is 24.1 Å². The molecule has 6 nitrogen and oxygen atoms in total. The first-order chi connectivity index (χ1) is 9.08. The van der Waals surface area contributed by atoms with Gasteiger partial charge in [-0.2, -0.15) is 4.98 Å². The van der Waals surface area contributed by atoms with E-state index in [1.165, 1.54) is 0 Å². The zero-order chi connectivity index (χ0) is 13.9. The van der Waals surface area contributed by atoms with Crippen LogP contribution in [0.3, 0.4) is 0 Å². The average Bonchev–Trinajstić information content (AvgIpc) is 2.89. The average molecular weight is 263 g/mol. The first-order valence-corrected chi connectivity index (χ1v) is 5.84. The van der Waals surface area contributed by atoms with Gasteiger partial charge >= 0.3 is 0 Å². The fourth-order valence-electron chi connectivity index (χ4n) is 1.75. The fourth-order valence-corrected chi connectivity index (χ4v) is 1.75. The van der Waals surface area contributed by atoms with Crippen molar-refractivity contribution in [2.75, 3.05) is 20.8 Å². The van der Waals surface area contributed by atoms with Crippen molar-refractivity contribution in [3.63, 3.8) is 0 Å². The number of hydrogen-bond donors (Lipinski definition) is 1. The summed E-state index contributed by atoms with van der Waals surface area (Å²) in [6.07, 6.45) is 0. The molecule has 2 rings (SSSR count). The monoisotopic (exact) mass is 263 g/mol. The largest absolute Gasteiger partial charge is 0.496 e. The van der Waals surface area contributed by atoms with E-state index >= 15 is 0 Å². The Balaban J connectivity index is 2.36. The molecule has 0 saturated carbocycles. The topological polar surface area (TPSA) is 83.4 Å². The number of nitrogens with two attached hydrogens (primary N) is 1. The van der Waals surface area contributed by atoms with Gasteiger partial charge in [-0.25, -0.2) is 0 Å². The molecule has 6 heteroatoms. The van der Waals surface area contributed by atoms with Gasteiger partial charge in [0.05, 0.1) is 19.3 Å². The number of ether oxygens (including phenoxy) is 2. The summed E-state index contributed by atoms with van der Waals surface area (Å²) in [5, 5.41) is 3.91. The highest BCUT2D eigenvalue weighted by molar-refractivity contribution is 5.62. The molecule has 1 heterocycles. The van der Waals surface area contributed by atoms with Crippen LogP contribution in [0.15, 0.2) is 28.8 Å². The molecule has 0 aliphatic heterocycles. The molecule has 2 N–H and O–H groups in total. The van der Waals surface area contributed by atoms with E-state index in [9.17, 15) is 0 Å². The number of para-hydroxylation sites is 1. The van der Waals surface area contributed by atoms with Crippen LogP contribution in [0.4, 0.5) is 0 Å². The summed E-state index contributed by atoms with van der Waals surface area (Å²) in [6, 6.07) is 7.42. The minimum absolute atomic E-state index is 0.303. The molecule has 1 aromatic carbocycles. The van der Waals surface area contributed by atoms with Crippen LogP contribution in [-0.4, -0.2) is 31.0 Å².